The van der Waals surface area contributed by atoms with E-state index < -0.39 is 47.4 Å². The summed E-state index contributed by atoms with van der Waals surface area (Å²) >= 11 is 0. The van der Waals surface area contributed by atoms with Crippen molar-refractivity contribution >= 4 is 29.2 Å². The molecule has 8 atom stereocenters. The lowest BCUT2D eigenvalue weighted by Crippen LogP contribution is -2.56. The molecular weight excluding hydrogens is 608 g/mol. The minimum absolute atomic E-state index is 0.0314. The van der Waals surface area contributed by atoms with Gasteiger partial charge in [0, 0.05) is 23.8 Å². The van der Waals surface area contributed by atoms with Crippen LogP contribution in [0, 0.1) is 29.1 Å². The number of ether oxygens (including phenoxy) is 3. The molecule has 9 nitrogen and oxygen atoms in total. The van der Waals surface area contributed by atoms with Crippen molar-refractivity contribution in [1.82, 2.24) is 15.2 Å². The van der Waals surface area contributed by atoms with Gasteiger partial charge in [0.15, 0.2) is 0 Å². The normalized spacial score (nSPS) is 34.1. The summed E-state index contributed by atoms with van der Waals surface area (Å²) < 4.78 is 50.6. The van der Waals surface area contributed by atoms with Crippen molar-refractivity contribution < 1.29 is 37.4 Å². The van der Waals surface area contributed by atoms with Crippen LogP contribution in [0.5, 0.6) is 11.6 Å². The van der Waals surface area contributed by atoms with Gasteiger partial charge in [-0.15, -0.1) is 0 Å². The number of amides is 2. The Morgan fingerprint density at radius 3 is 2.55 bits per heavy atom. The highest BCUT2D eigenvalue weighted by Crippen LogP contribution is 2.58. The number of carbonyl (C=O) groups is 3. The molecule has 11 heteroatoms. The maximum Gasteiger partial charge on any atom is 0.408 e. The number of aromatic nitrogens is 1. The third kappa shape index (κ3) is 6.38. The molecule has 3 saturated carbocycles. The summed E-state index contributed by atoms with van der Waals surface area (Å²) in [5, 5.41) is 3.38. The number of nitrogens with one attached hydrogen (secondary N) is 1. The van der Waals surface area contributed by atoms with Gasteiger partial charge in [-0.25, -0.2) is 18.6 Å². The molecule has 3 aliphatic carbocycles. The molecule has 4 fully saturated rings. The average Bonchev–Trinajstić information content (AvgIpc) is 3.92. The first kappa shape index (κ1) is 32.1. The molecule has 1 aromatic carbocycles. The van der Waals surface area contributed by atoms with Crippen LogP contribution in [0.15, 0.2) is 24.3 Å². The number of rotatable bonds is 3. The van der Waals surface area contributed by atoms with Crippen LogP contribution in [-0.4, -0.2) is 65.1 Å². The number of pyridine rings is 1. The Bertz CT molecular complexity index is 1560. The summed E-state index contributed by atoms with van der Waals surface area (Å²) in [6.45, 7) is 7.25. The average molecular weight is 654 g/mol. The number of carbonyl (C=O) groups excluding carboxylic acids is 3. The van der Waals surface area contributed by atoms with E-state index in [9.17, 15) is 14.4 Å². The maximum absolute atomic E-state index is 16.2. The van der Waals surface area contributed by atoms with Crippen LogP contribution in [-0.2, 0) is 20.2 Å². The largest absolute Gasteiger partial charge is 0.490 e. The first-order valence-electron chi connectivity index (χ1n) is 17.2. The fourth-order valence-corrected chi connectivity index (χ4v) is 7.96. The summed E-state index contributed by atoms with van der Waals surface area (Å²) in [5.41, 5.74) is -0.544. The van der Waals surface area contributed by atoms with Crippen molar-refractivity contribution in [3.8, 4) is 11.6 Å². The number of benzene rings is 1. The van der Waals surface area contributed by atoms with Crippen LogP contribution in [0.4, 0.5) is 13.6 Å². The minimum Gasteiger partial charge on any atom is -0.490 e. The van der Waals surface area contributed by atoms with Gasteiger partial charge in [0.25, 0.3) is 5.92 Å². The van der Waals surface area contributed by atoms with E-state index in [1.807, 2.05) is 20.8 Å². The Labute approximate surface area is 274 Å². The van der Waals surface area contributed by atoms with Gasteiger partial charge in [-0.3, -0.25) is 4.79 Å². The van der Waals surface area contributed by atoms with Gasteiger partial charge < -0.3 is 29.2 Å². The van der Waals surface area contributed by atoms with Crippen LogP contribution < -0.4 is 14.8 Å². The van der Waals surface area contributed by atoms with E-state index in [0.29, 0.717) is 47.6 Å². The summed E-state index contributed by atoms with van der Waals surface area (Å²) in [4.78, 5) is 45.9. The van der Waals surface area contributed by atoms with E-state index in [1.165, 1.54) is 11.0 Å². The molecule has 2 bridgehead atoms. The third-order valence-corrected chi connectivity index (χ3v) is 11.0. The Hall–Kier alpha value is -3.50. The highest BCUT2D eigenvalue weighted by Gasteiger charge is 2.55. The first-order chi connectivity index (χ1) is 22.3. The fourth-order valence-electron chi connectivity index (χ4n) is 7.96. The topological polar surface area (TPSA) is 107 Å². The van der Waals surface area contributed by atoms with Gasteiger partial charge in [0.2, 0.25) is 11.8 Å². The Kier molecular flexibility index (Phi) is 8.10. The Morgan fingerprint density at radius 2 is 1.83 bits per heavy atom. The number of aldehydes is 1. The number of nitrogens with zero attached hydrogens (tertiary/aromatic N) is 2. The molecule has 0 radical (unpaired) electrons. The zero-order valence-electron chi connectivity index (χ0n) is 27.5. The zero-order valence-corrected chi connectivity index (χ0v) is 27.5. The molecule has 1 saturated heterocycles. The molecule has 3 heterocycles. The Morgan fingerprint density at radius 1 is 1.04 bits per heavy atom. The smallest absolute Gasteiger partial charge is 0.408 e. The van der Waals surface area contributed by atoms with Crippen molar-refractivity contribution in [2.45, 2.75) is 115 Å². The predicted octanol–water partition coefficient (Wildman–Crippen LogP) is 6.40. The summed E-state index contributed by atoms with van der Waals surface area (Å²) in [6, 6.07) is 4.85. The van der Waals surface area contributed by atoms with Crippen molar-refractivity contribution in [3.05, 3.63) is 29.8 Å². The second-order valence-electron chi connectivity index (χ2n) is 15.5. The first-order valence-corrected chi connectivity index (χ1v) is 17.2. The van der Waals surface area contributed by atoms with Crippen molar-refractivity contribution in [2.24, 2.45) is 29.1 Å². The number of hydrogen-bond donors (Lipinski definition) is 1. The Balaban J connectivity index is 1.26. The van der Waals surface area contributed by atoms with E-state index in [1.54, 1.807) is 25.1 Å². The molecule has 254 valence electrons. The molecule has 2 amide bonds. The lowest BCUT2D eigenvalue weighted by Gasteiger charge is -2.35. The molecular formula is C36H45F2N3O6. The van der Waals surface area contributed by atoms with Gasteiger partial charge >= 0.3 is 6.09 Å². The molecule has 1 aromatic heterocycles. The number of hydrogen-bond acceptors (Lipinski definition) is 7. The monoisotopic (exact) mass is 653 g/mol. The second kappa shape index (κ2) is 11.9. The summed E-state index contributed by atoms with van der Waals surface area (Å²) in [6.07, 6.45) is 4.02. The van der Waals surface area contributed by atoms with E-state index >= 15 is 8.78 Å². The lowest BCUT2D eigenvalue weighted by molar-refractivity contribution is -0.139. The molecule has 5 aliphatic rings. The molecule has 2 unspecified atom stereocenters. The molecule has 2 aromatic rings. The third-order valence-electron chi connectivity index (χ3n) is 11.0. The van der Waals surface area contributed by atoms with Crippen LogP contribution in [0.1, 0.15) is 84.6 Å². The molecule has 7 rings (SSSR count). The fraction of sp³-hybridized carbons (Fsp3) is 0.667. The molecule has 0 spiro atoms. The molecule has 1 N–H and O–H groups in total. The van der Waals surface area contributed by atoms with E-state index in [2.05, 4.69) is 10.3 Å². The standard InChI is InChI=1S/C36H45F2N3O6/c1-19-28(18-42)41-17-30(19)46-32-26(14-20-8-9-23(16-27(20)39-32)45-22-10-11-22)36(37,38)12-6-5-7-24-25-13-21(25)15-29(24)47-34(44)40-31(33(41)43)35(2,3)4/h8-9,14,16,18-19,21-22,24-25,28-31H,5-7,10-13,15,17H2,1-4H3,(H,40,44)/t19-,21?,24+,25?,28+,29+,30-,31+/m0/s1. The van der Waals surface area contributed by atoms with Crippen LogP contribution in [0.2, 0.25) is 0 Å². The SMILES string of the molecule is C[C@@H]1[C@@H]2CN(C(=O)[C@H](C(C)(C)C)NC(=O)O[C@@H]3CC4CC4[C@H]3CCCCC(F)(F)c3cc4ccc(OC5CC5)cc4nc3O2)[C@@H]1C=O. The van der Waals surface area contributed by atoms with Crippen LogP contribution in [0.25, 0.3) is 10.9 Å². The zero-order chi connectivity index (χ0) is 33.2. The molecule has 47 heavy (non-hydrogen) atoms. The number of alkyl halides is 2. The van der Waals surface area contributed by atoms with E-state index in [0.717, 1.165) is 25.7 Å². The van der Waals surface area contributed by atoms with Gasteiger partial charge in [-0.2, -0.15) is 0 Å². The van der Waals surface area contributed by atoms with Crippen molar-refractivity contribution in [2.75, 3.05) is 6.54 Å². The maximum atomic E-state index is 16.2. The highest BCUT2D eigenvalue weighted by atomic mass is 19.3. The van der Waals surface area contributed by atoms with Gasteiger partial charge in [-0.05, 0) is 79.9 Å². The summed E-state index contributed by atoms with van der Waals surface area (Å²) in [7, 11) is 0. The van der Waals surface area contributed by atoms with Gasteiger partial charge in [0.05, 0.1) is 29.8 Å². The second-order valence-corrected chi connectivity index (χ2v) is 15.5. The predicted molar refractivity (Wildman–Crippen MR) is 169 cm³/mol. The van der Waals surface area contributed by atoms with Gasteiger partial charge in [-0.1, -0.05) is 34.1 Å². The number of halogens is 2. The van der Waals surface area contributed by atoms with Crippen molar-refractivity contribution in [1.29, 1.82) is 0 Å². The van der Waals surface area contributed by atoms with Crippen molar-refractivity contribution in [3.63, 3.8) is 0 Å². The van der Waals surface area contributed by atoms with Crippen LogP contribution >= 0.6 is 0 Å². The highest BCUT2D eigenvalue weighted by molar-refractivity contribution is 5.89. The summed E-state index contributed by atoms with van der Waals surface area (Å²) in [5.74, 6) is -2.76. The van der Waals surface area contributed by atoms with E-state index in [-0.39, 0.29) is 49.0 Å². The van der Waals surface area contributed by atoms with Crippen LogP contribution in [0.3, 0.4) is 0 Å². The number of alkyl carbamates (subject to hydrolysis) is 1. The quantitative estimate of drug-likeness (QED) is 0.382. The molecule has 2 aliphatic heterocycles. The van der Waals surface area contributed by atoms with E-state index in [4.69, 9.17) is 14.2 Å². The number of fused-ring (bicyclic) bond motifs is 7. The van der Waals surface area contributed by atoms with Gasteiger partial charge in [0.1, 0.15) is 30.3 Å². The minimum atomic E-state index is -3.24. The lowest BCUT2D eigenvalue weighted by atomic mass is 9.85.